The van der Waals surface area contributed by atoms with Crippen molar-refractivity contribution >= 4 is 23.7 Å². The van der Waals surface area contributed by atoms with E-state index in [1.54, 1.807) is 0 Å². The van der Waals surface area contributed by atoms with Gasteiger partial charge < -0.3 is 15.4 Å². The molecule has 3 amide bonds. The van der Waals surface area contributed by atoms with Gasteiger partial charge in [-0.2, -0.15) is 0 Å². The molecule has 0 unspecified atom stereocenters. The summed E-state index contributed by atoms with van der Waals surface area (Å²) in [5, 5.41) is 15.2. The van der Waals surface area contributed by atoms with E-state index in [2.05, 4.69) is 21.9 Å². The SMILES string of the molecule is C=CCN(O)C(=O)C[C@@H](CC(C)C)C(=O)N[C@@H](CCC(=O)OC)C(=O)NC. The third-order valence-corrected chi connectivity index (χ3v) is 3.88. The van der Waals surface area contributed by atoms with Crippen molar-refractivity contribution in [2.75, 3.05) is 20.7 Å². The molecule has 0 aromatic heterocycles. The summed E-state index contributed by atoms with van der Waals surface area (Å²) in [4.78, 5) is 48.1. The normalized spacial score (nSPS) is 12.7. The third kappa shape index (κ3) is 9.74. The minimum absolute atomic E-state index is 0.0353. The van der Waals surface area contributed by atoms with Gasteiger partial charge in [0.2, 0.25) is 17.7 Å². The second-order valence-electron chi connectivity index (χ2n) is 6.59. The highest BCUT2D eigenvalue weighted by Crippen LogP contribution is 2.18. The van der Waals surface area contributed by atoms with Crippen LogP contribution < -0.4 is 10.6 Å². The van der Waals surface area contributed by atoms with Crippen molar-refractivity contribution < 1.29 is 29.1 Å². The number of hydroxylamine groups is 2. The van der Waals surface area contributed by atoms with Gasteiger partial charge in [-0.05, 0) is 18.8 Å². The zero-order valence-electron chi connectivity index (χ0n) is 16.5. The van der Waals surface area contributed by atoms with Crippen LogP contribution in [0.1, 0.15) is 39.5 Å². The second-order valence-corrected chi connectivity index (χ2v) is 6.59. The molecule has 154 valence electrons. The van der Waals surface area contributed by atoms with Crippen molar-refractivity contribution in [3.63, 3.8) is 0 Å². The summed E-state index contributed by atoms with van der Waals surface area (Å²) in [5.74, 6) is -2.63. The lowest BCUT2D eigenvalue weighted by atomic mass is 9.92. The minimum Gasteiger partial charge on any atom is -0.469 e. The van der Waals surface area contributed by atoms with Crippen LogP contribution in [0.2, 0.25) is 0 Å². The molecule has 9 nitrogen and oxygen atoms in total. The summed E-state index contributed by atoms with van der Waals surface area (Å²) in [6.07, 6.45) is 1.60. The summed E-state index contributed by atoms with van der Waals surface area (Å²) in [6, 6.07) is -0.926. The van der Waals surface area contributed by atoms with Crippen LogP contribution in [0.4, 0.5) is 0 Å². The number of amides is 3. The van der Waals surface area contributed by atoms with Gasteiger partial charge in [0.25, 0.3) is 0 Å². The molecule has 0 rings (SSSR count). The number of carbonyl (C=O) groups excluding carboxylic acids is 4. The van der Waals surface area contributed by atoms with Gasteiger partial charge in [-0.1, -0.05) is 19.9 Å². The first-order valence-corrected chi connectivity index (χ1v) is 8.85. The monoisotopic (exact) mass is 385 g/mol. The van der Waals surface area contributed by atoms with Crippen LogP contribution in [0.25, 0.3) is 0 Å². The lowest BCUT2D eigenvalue weighted by Gasteiger charge is -2.23. The van der Waals surface area contributed by atoms with Crippen LogP contribution in [-0.4, -0.2) is 60.7 Å². The average Bonchev–Trinajstić information content (AvgIpc) is 2.62. The van der Waals surface area contributed by atoms with Crippen molar-refractivity contribution in [3.05, 3.63) is 12.7 Å². The lowest BCUT2D eigenvalue weighted by molar-refractivity contribution is -0.165. The van der Waals surface area contributed by atoms with E-state index in [1.165, 1.54) is 20.2 Å². The molecular formula is C18H31N3O6. The summed E-state index contributed by atoms with van der Waals surface area (Å²) >= 11 is 0. The smallest absolute Gasteiger partial charge is 0.305 e. The molecule has 0 aliphatic rings. The van der Waals surface area contributed by atoms with Gasteiger partial charge in [0.15, 0.2) is 0 Å². The lowest BCUT2D eigenvalue weighted by Crippen LogP contribution is -2.48. The van der Waals surface area contributed by atoms with Crippen molar-refractivity contribution in [2.24, 2.45) is 11.8 Å². The predicted molar refractivity (Wildman–Crippen MR) is 98.5 cm³/mol. The molecule has 0 saturated carbocycles. The topological polar surface area (TPSA) is 125 Å². The Morgan fingerprint density at radius 1 is 1.22 bits per heavy atom. The molecule has 0 bridgehead atoms. The molecule has 0 saturated heterocycles. The molecule has 0 fully saturated rings. The first-order valence-electron chi connectivity index (χ1n) is 8.85. The van der Waals surface area contributed by atoms with Crippen molar-refractivity contribution in [1.82, 2.24) is 15.7 Å². The van der Waals surface area contributed by atoms with E-state index in [0.717, 1.165) is 0 Å². The van der Waals surface area contributed by atoms with E-state index in [-0.39, 0.29) is 31.7 Å². The summed E-state index contributed by atoms with van der Waals surface area (Å²) in [7, 11) is 2.66. The number of rotatable bonds is 12. The number of esters is 1. The van der Waals surface area contributed by atoms with Gasteiger partial charge >= 0.3 is 5.97 Å². The molecule has 27 heavy (non-hydrogen) atoms. The Kier molecular flexibility index (Phi) is 11.7. The van der Waals surface area contributed by atoms with Crippen LogP contribution in [-0.2, 0) is 23.9 Å². The van der Waals surface area contributed by atoms with Gasteiger partial charge in [-0.15, -0.1) is 6.58 Å². The molecule has 0 aliphatic carbocycles. The molecule has 0 spiro atoms. The quantitative estimate of drug-likeness (QED) is 0.196. The minimum atomic E-state index is -0.926. The number of hydrogen-bond acceptors (Lipinski definition) is 6. The molecule has 0 aromatic carbocycles. The van der Waals surface area contributed by atoms with E-state index >= 15 is 0 Å². The maximum absolute atomic E-state index is 12.7. The number of nitrogens with one attached hydrogen (secondary N) is 2. The average molecular weight is 385 g/mol. The highest BCUT2D eigenvalue weighted by Gasteiger charge is 2.29. The Hall–Kier alpha value is -2.42. The molecule has 0 aliphatic heterocycles. The predicted octanol–water partition coefficient (Wildman–Crippen LogP) is 0.627. The number of nitrogens with zero attached hydrogens (tertiary/aromatic N) is 1. The van der Waals surface area contributed by atoms with Crippen molar-refractivity contribution in [3.8, 4) is 0 Å². The maximum Gasteiger partial charge on any atom is 0.305 e. The molecule has 9 heteroatoms. The first kappa shape index (κ1) is 24.6. The van der Waals surface area contributed by atoms with Crippen LogP contribution in [0.3, 0.4) is 0 Å². The molecule has 3 N–H and O–H groups in total. The van der Waals surface area contributed by atoms with Gasteiger partial charge in [0.1, 0.15) is 6.04 Å². The molecular weight excluding hydrogens is 354 g/mol. The van der Waals surface area contributed by atoms with Crippen LogP contribution in [0.15, 0.2) is 12.7 Å². The number of likely N-dealkylation sites (N-methyl/N-ethyl adjacent to an activating group) is 1. The van der Waals surface area contributed by atoms with Crippen molar-refractivity contribution in [2.45, 2.75) is 45.6 Å². The number of hydrogen-bond donors (Lipinski definition) is 3. The van der Waals surface area contributed by atoms with Gasteiger partial charge in [-0.25, -0.2) is 5.06 Å². The van der Waals surface area contributed by atoms with E-state index in [4.69, 9.17) is 0 Å². The third-order valence-electron chi connectivity index (χ3n) is 3.88. The van der Waals surface area contributed by atoms with E-state index in [9.17, 15) is 24.4 Å². The van der Waals surface area contributed by atoms with Crippen LogP contribution in [0, 0.1) is 11.8 Å². The Bertz CT molecular complexity index is 535. The molecule has 2 atom stereocenters. The van der Waals surface area contributed by atoms with Gasteiger partial charge in [0, 0.05) is 25.8 Å². The van der Waals surface area contributed by atoms with E-state index < -0.39 is 35.7 Å². The fourth-order valence-corrected chi connectivity index (χ4v) is 2.49. The second kappa shape index (κ2) is 12.9. The Labute approximate surface area is 160 Å². The summed E-state index contributed by atoms with van der Waals surface area (Å²) in [5.41, 5.74) is 0. The fourth-order valence-electron chi connectivity index (χ4n) is 2.49. The molecule has 0 radical (unpaired) electrons. The first-order chi connectivity index (χ1) is 12.7. The number of methoxy groups -OCH3 is 1. The Morgan fingerprint density at radius 3 is 2.33 bits per heavy atom. The Morgan fingerprint density at radius 2 is 1.85 bits per heavy atom. The number of ether oxygens (including phenoxy) is 1. The largest absolute Gasteiger partial charge is 0.469 e. The van der Waals surface area contributed by atoms with E-state index in [1.807, 2.05) is 13.8 Å². The summed E-state index contributed by atoms with van der Waals surface area (Å²) < 4.78 is 4.55. The highest BCUT2D eigenvalue weighted by atomic mass is 16.5. The maximum atomic E-state index is 12.7. The van der Waals surface area contributed by atoms with E-state index in [0.29, 0.717) is 11.5 Å². The zero-order valence-corrected chi connectivity index (χ0v) is 16.5. The van der Waals surface area contributed by atoms with Crippen molar-refractivity contribution in [1.29, 1.82) is 0 Å². The van der Waals surface area contributed by atoms with Crippen LogP contribution in [0.5, 0.6) is 0 Å². The fraction of sp³-hybridized carbons (Fsp3) is 0.667. The molecule has 0 aromatic rings. The molecule has 0 heterocycles. The van der Waals surface area contributed by atoms with Crippen LogP contribution >= 0.6 is 0 Å². The number of carbonyl (C=O) groups is 4. The van der Waals surface area contributed by atoms with Gasteiger partial charge in [-0.3, -0.25) is 24.4 Å². The Balaban J connectivity index is 5.13. The van der Waals surface area contributed by atoms with Gasteiger partial charge in [0.05, 0.1) is 13.7 Å². The summed E-state index contributed by atoms with van der Waals surface area (Å²) in [6.45, 7) is 7.20. The zero-order chi connectivity index (χ0) is 21.0. The highest BCUT2D eigenvalue weighted by molar-refractivity contribution is 5.90. The standard InChI is InChI=1S/C18H31N3O6/c1-6-9-21(26)15(22)11-13(10-12(2)3)17(24)20-14(18(25)19-4)7-8-16(23)27-5/h6,12-14,26H,1,7-11H2,2-5H3,(H,19,25)(H,20,24)/t13-,14+/m1/s1.